The van der Waals surface area contributed by atoms with E-state index in [4.69, 9.17) is 24.8 Å². The summed E-state index contributed by atoms with van der Waals surface area (Å²) in [5.41, 5.74) is 3.24. The van der Waals surface area contributed by atoms with Crippen LogP contribution in [-0.2, 0) is 29.7 Å². The van der Waals surface area contributed by atoms with Crippen molar-refractivity contribution in [1.29, 1.82) is 0 Å². The Morgan fingerprint density at radius 1 is 0.933 bits per heavy atom. The first-order chi connectivity index (χ1) is 21.6. The van der Waals surface area contributed by atoms with E-state index in [9.17, 15) is 18.0 Å². The van der Waals surface area contributed by atoms with Gasteiger partial charge >= 0.3 is 12.1 Å². The Balaban J connectivity index is 1.32. The number of thioether (sulfide) groups is 1. The molecule has 0 amide bonds. The van der Waals surface area contributed by atoms with Gasteiger partial charge in [0, 0.05) is 49.1 Å². The van der Waals surface area contributed by atoms with Gasteiger partial charge in [-0.2, -0.15) is 28.2 Å². The number of carboxylic acid groups (broad SMARTS) is 1. The topological polar surface area (TPSA) is 93.0 Å². The predicted octanol–water partition coefficient (Wildman–Crippen LogP) is 5.94. The van der Waals surface area contributed by atoms with E-state index in [0.29, 0.717) is 30.2 Å². The fourth-order valence-corrected chi connectivity index (χ4v) is 5.94. The lowest BCUT2D eigenvalue weighted by molar-refractivity contribution is -0.139. The fourth-order valence-electron chi connectivity index (χ4n) is 5.02. The summed E-state index contributed by atoms with van der Waals surface area (Å²) in [6, 6.07) is 18.4. The summed E-state index contributed by atoms with van der Waals surface area (Å²) in [5.74, 6) is 0.792. The van der Waals surface area contributed by atoms with Crippen molar-refractivity contribution in [1.82, 2.24) is 19.9 Å². The van der Waals surface area contributed by atoms with Gasteiger partial charge in [0.05, 0.1) is 24.1 Å². The van der Waals surface area contributed by atoms with Crippen molar-refractivity contribution in [2.75, 3.05) is 44.8 Å². The number of halogens is 3. The molecule has 1 aromatic heterocycles. The molecule has 1 aliphatic rings. The summed E-state index contributed by atoms with van der Waals surface area (Å²) in [5, 5.41) is 18.4. The Bertz CT molecular complexity index is 1590. The molecule has 1 aliphatic heterocycles. The SMILES string of the molecule is CCc1cc(SCc2nn(-c3ccc(C(F)(F)F)cc3)nc2CN2CCN(c3ccc(OC)cc3)CC2)ccc1OCC(=O)O. The van der Waals surface area contributed by atoms with Gasteiger partial charge in [-0.25, -0.2) is 4.79 Å². The summed E-state index contributed by atoms with van der Waals surface area (Å²) < 4.78 is 50.1. The van der Waals surface area contributed by atoms with Gasteiger partial charge in [0.2, 0.25) is 0 Å². The van der Waals surface area contributed by atoms with Gasteiger partial charge < -0.3 is 19.5 Å². The molecule has 0 spiro atoms. The highest BCUT2D eigenvalue weighted by Crippen LogP contribution is 2.31. The minimum absolute atomic E-state index is 0.412. The lowest BCUT2D eigenvalue weighted by atomic mass is 10.1. The van der Waals surface area contributed by atoms with Crippen molar-refractivity contribution in [3.63, 3.8) is 0 Å². The summed E-state index contributed by atoms with van der Waals surface area (Å²) in [6.07, 6.45) is -3.76. The monoisotopic (exact) mass is 641 g/mol. The van der Waals surface area contributed by atoms with Gasteiger partial charge in [-0.15, -0.1) is 11.8 Å². The van der Waals surface area contributed by atoms with Crippen LogP contribution in [0, 0.1) is 0 Å². The van der Waals surface area contributed by atoms with Gasteiger partial charge in [0.15, 0.2) is 6.61 Å². The zero-order valence-corrected chi connectivity index (χ0v) is 25.8. The number of piperazine rings is 1. The molecule has 238 valence electrons. The standard InChI is InChI=1S/C32H34F3N5O4S/c1-3-22-18-27(12-13-30(22)44-20-31(41)42)45-21-29-28(36-40(37-29)25-6-4-23(5-7-25)32(33,34)35)19-38-14-16-39(17-15-38)24-8-10-26(43-2)11-9-24/h4-13,18H,3,14-17,19-21H2,1-2H3,(H,41,42). The molecular weight excluding hydrogens is 607 g/mol. The van der Waals surface area contributed by atoms with Crippen LogP contribution >= 0.6 is 11.8 Å². The van der Waals surface area contributed by atoms with E-state index in [0.717, 1.165) is 71.6 Å². The van der Waals surface area contributed by atoms with Crippen LogP contribution in [0.25, 0.3) is 5.69 Å². The van der Waals surface area contributed by atoms with E-state index in [2.05, 4.69) is 9.80 Å². The third-order valence-electron chi connectivity index (χ3n) is 7.51. The molecule has 0 unspecified atom stereocenters. The number of benzene rings is 3. The maximum atomic E-state index is 13.2. The maximum absolute atomic E-state index is 13.2. The number of hydrogen-bond acceptors (Lipinski definition) is 8. The molecule has 1 N–H and O–H groups in total. The maximum Gasteiger partial charge on any atom is 0.416 e. The highest BCUT2D eigenvalue weighted by molar-refractivity contribution is 7.98. The van der Waals surface area contributed by atoms with Crippen LogP contribution in [0.2, 0.25) is 0 Å². The molecule has 13 heteroatoms. The molecule has 0 aliphatic carbocycles. The Hall–Kier alpha value is -4.23. The summed E-state index contributed by atoms with van der Waals surface area (Å²) >= 11 is 1.55. The van der Waals surface area contributed by atoms with Crippen LogP contribution in [0.3, 0.4) is 0 Å². The van der Waals surface area contributed by atoms with Crippen molar-refractivity contribution in [2.24, 2.45) is 0 Å². The van der Waals surface area contributed by atoms with E-state index in [1.807, 2.05) is 43.3 Å². The Morgan fingerprint density at radius 3 is 2.22 bits per heavy atom. The van der Waals surface area contributed by atoms with E-state index in [1.165, 1.54) is 16.9 Å². The molecule has 2 heterocycles. The van der Waals surface area contributed by atoms with Crippen molar-refractivity contribution < 1.29 is 32.5 Å². The molecule has 1 saturated heterocycles. The van der Waals surface area contributed by atoms with Gasteiger partial charge in [0.25, 0.3) is 0 Å². The molecule has 3 aromatic carbocycles. The first-order valence-electron chi connectivity index (χ1n) is 14.5. The van der Waals surface area contributed by atoms with Crippen LogP contribution in [0.1, 0.15) is 29.4 Å². The Morgan fingerprint density at radius 2 is 1.60 bits per heavy atom. The average molecular weight is 642 g/mol. The highest BCUT2D eigenvalue weighted by Gasteiger charge is 2.30. The van der Waals surface area contributed by atoms with Gasteiger partial charge in [-0.1, -0.05) is 6.92 Å². The Labute approximate surface area is 263 Å². The quantitative estimate of drug-likeness (QED) is 0.189. The highest BCUT2D eigenvalue weighted by atomic mass is 32.2. The minimum Gasteiger partial charge on any atom is -0.497 e. The van der Waals surface area contributed by atoms with E-state index in [-0.39, 0.29) is 0 Å². The van der Waals surface area contributed by atoms with Crippen molar-refractivity contribution in [2.45, 2.75) is 36.7 Å². The van der Waals surface area contributed by atoms with Crippen LogP contribution < -0.4 is 14.4 Å². The number of ether oxygens (including phenoxy) is 2. The second-order valence-electron chi connectivity index (χ2n) is 10.5. The number of carboxylic acids is 1. The van der Waals surface area contributed by atoms with Crippen LogP contribution in [0.15, 0.2) is 71.6 Å². The normalized spacial score (nSPS) is 14.0. The van der Waals surface area contributed by atoms with Gasteiger partial charge in [-0.3, -0.25) is 4.90 Å². The molecule has 0 atom stereocenters. The van der Waals surface area contributed by atoms with E-state index < -0.39 is 24.3 Å². The van der Waals surface area contributed by atoms with Crippen LogP contribution in [0.5, 0.6) is 11.5 Å². The van der Waals surface area contributed by atoms with Crippen molar-refractivity contribution in [3.05, 3.63) is 89.2 Å². The number of alkyl halides is 3. The molecule has 9 nitrogen and oxygen atoms in total. The largest absolute Gasteiger partial charge is 0.497 e. The zero-order valence-electron chi connectivity index (χ0n) is 25.0. The van der Waals surface area contributed by atoms with E-state index >= 15 is 0 Å². The lowest BCUT2D eigenvalue weighted by Gasteiger charge is -2.35. The molecular formula is C32H34F3N5O4S. The molecule has 0 saturated carbocycles. The smallest absolute Gasteiger partial charge is 0.416 e. The lowest BCUT2D eigenvalue weighted by Crippen LogP contribution is -2.46. The average Bonchev–Trinajstić information content (AvgIpc) is 3.45. The number of aromatic nitrogens is 3. The first kappa shape index (κ1) is 32.2. The second kappa shape index (κ2) is 14.2. The number of rotatable bonds is 12. The second-order valence-corrected chi connectivity index (χ2v) is 11.5. The van der Waals surface area contributed by atoms with Crippen molar-refractivity contribution >= 4 is 23.4 Å². The van der Waals surface area contributed by atoms with Gasteiger partial charge in [0.1, 0.15) is 17.2 Å². The summed E-state index contributed by atoms with van der Waals surface area (Å²) in [7, 11) is 1.65. The van der Waals surface area contributed by atoms with Crippen LogP contribution in [0.4, 0.5) is 18.9 Å². The third kappa shape index (κ3) is 8.28. The molecule has 0 bridgehead atoms. The molecule has 1 fully saturated rings. The fraction of sp³-hybridized carbons (Fsp3) is 0.344. The van der Waals surface area contributed by atoms with E-state index in [1.54, 1.807) is 24.9 Å². The predicted molar refractivity (Wildman–Crippen MR) is 165 cm³/mol. The minimum atomic E-state index is -4.43. The number of carbonyl (C=O) groups is 1. The zero-order chi connectivity index (χ0) is 32.0. The molecule has 4 aromatic rings. The molecule has 45 heavy (non-hydrogen) atoms. The van der Waals surface area contributed by atoms with Gasteiger partial charge in [-0.05, 0) is 78.7 Å². The number of methoxy groups -OCH3 is 1. The number of anilines is 1. The van der Waals surface area contributed by atoms with Crippen LogP contribution in [-0.4, -0.2) is 70.9 Å². The van der Waals surface area contributed by atoms with Crippen molar-refractivity contribution in [3.8, 4) is 17.2 Å². The third-order valence-corrected chi connectivity index (χ3v) is 8.52. The number of hydrogen-bond donors (Lipinski definition) is 1. The first-order valence-corrected chi connectivity index (χ1v) is 15.5. The number of aryl methyl sites for hydroxylation is 1. The number of aliphatic carboxylic acids is 1. The molecule has 0 radical (unpaired) electrons. The Kier molecular flexibility index (Phi) is 10.2. The molecule has 5 rings (SSSR count). The summed E-state index contributed by atoms with van der Waals surface area (Å²) in [4.78, 5) is 17.9. The number of nitrogens with zero attached hydrogens (tertiary/aromatic N) is 5. The summed E-state index contributed by atoms with van der Waals surface area (Å²) in [6.45, 7) is 5.39.